The van der Waals surface area contributed by atoms with Gasteiger partial charge in [-0.05, 0) is 29.4 Å². The normalized spacial score (nSPS) is 21.5. The van der Waals surface area contributed by atoms with Crippen LogP contribution in [0.25, 0.3) is 11.0 Å². The number of alkyl halides is 3. The van der Waals surface area contributed by atoms with Crippen molar-refractivity contribution in [2.75, 3.05) is 31.1 Å². The van der Waals surface area contributed by atoms with E-state index in [-0.39, 0.29) is 17.3 Å². The monoisotopic (exact) mass is 501 g/mol. The van der Waals surface area contributed by atoms with Crippen LogP contribution in [0, 0.1) is 17.2 Å². The van der Waals surface area contributed by atoms with E-state index >= 15 is 0 Å². The number of rotatable bonds is 4. The van der Waals surface area contributed by atoms with Crippen LogP contribution in [0.15, 0.2) is 58.2 Å². The molecule has 6 nitrogen and oxygen atoms in total. The van der Waals surface area contributed by atoms with Gasteiger partial charge in [-0.2, -0.15) is 18.4 Å². The molecule has 1 aliphatic carbocycles. The van der Waals surface area contributed by atoms with Crippen molar-refractivity contribution in [2.24, 2.45) is 13.0 Å². The van der Waals surface area contributed by atoms with Gasteiger partial charge in [-0.15, -0.1) is 9.24 Å². The van der Waals surface area contributed by atoms with E-state index in [4.69, 9.17) is 0 Å². The van der Waals surface area contributed by atoms with Crippen LogP contribution < -0.4 is 10.5 Å². The van der Waals surface area contributed by atoms with Gasteiger partial charge in [0.25, 0.3) is 5.56 Å². The summed E-state index contributed by atoms with van der Waals surface area (Å²) >= 11 is 0. The van der Waals surface area contributed by atoms with Gasteiger partial charge in [-0.1, -0.05) is 31.2 Å². The first kappa shape index (κ1) is 25.2. The summed E-state index contributed by atoms with van der Waals surface area (Å²) in [5, 5.41) is 10.1. The molecule has 10 heteroatoms. The summed E-state index contributed by atoms with van der Waals surface area (Å²) in [6.07, 6.45) is 2.08. The van der Waals surface area contributed by atoms with Crippen LogP contribution in [0.4, 0.5) is 18.9 Å². The maximum Gasteiger partial charge on any atom is 0.398 e. The zero-order chi connectivity index (χ0) is 25.3. The Labute approximate surface area is 204 Å². The molecule has 3 heterocycles. The number of hydrogen-bond acceptors (Lipinski definition) is 5. The van der Waals surface area contributed by atoms with E-state index in [1.54, 1.807) is 31.3 Å². The van der Waals surface area contributed by atoms with E-state index < -0.39 is 12.1 Å². The molecule has 0 amide bonds. The van der Waals surface area contributed by atoms with Gasteiger partial charge in [0.05, 0.1) is 17.1 Å². The summed E-state index contributed by atoms with van der Waals surface area (Å²) in [5.41, 5.74) is 2.69. The molecule has 0 radical (unpaired) electrons. The third-order valence-electron chi connectivity index (χ3n) is 6.65. The molecule has 184 valence electrons. The summed E-state index contributed by atoms with van der Waals surface area (Å²) in [6.45, 7) is 4.29. The van der Waals surface area contributed by atoms with Crippen LogP contribution >= 0.6 is 9.24 Å². The van der Waals surface area contributed by atoms with Gasteiger partial charge in [0, 0.05) is 45.3 Å². The SMILES string of the molecule is CCC1CN(CC2=CC(C(F)(F)F)C=CC=C2P)CCN1c1cc(=O)n(C)c2ccc(C#N)nc12. The third-order valence-corrected chi connectivity index (χ3v) is 7.21. The van der Waals surface area contributed by atoms with Gasteiger partial charge < -0.3 is 9.47 Å². The number of pyridine rings is 2. The van der Waals surface area contributed by atoms with Crippen molar-refractivity contribution < 1.29 is 13.2 Å². The van der Waals surface area contributed by atoms with Gasteiger partial charge >= 0.3 is 6.18 Å². The number of fused-ring (bicyclic) bond motifs is 1. The average Bonchev–Trinajstić information content (AvgIpc) is 3.02. The van der Waals surface area contributed by atoms with Crippen molar-refractivity contribution in [1.82, 2.24) is 14.5 Å². The quantitative estimate of drug-likeness (QED) is 0.590. The molecule has 0 N–H and O–H groups in total. The van der Waals surface area contributed by atoms with E-state index in [0.29, 0.717) is 48.5 Å². The predicted molar refractivity (Wildman–Crippen MR) is 134 cm³/mol. The lowest BCUT2D eigenvalue weighted by atomic mass is 10.0. The molecule has 4 rings (SSSR count). The number of aryl methyl sites for hydroxylation is 1. The Morgan fingerprint density at radius 3 is 2.74 bits per heavy atom. The van der Waals surface area contributed by atoms with Gasteiger partial charge in [0.15, 0.2) is 0 Å². The highest BCUT2D eigenvalue weighted by atomic mass is 31.0. The minimum atomic E-state index is -4.33. The first-order valence-electron chi connectivity index (χ1n) is 11.4. The third kappa shape index (κ3) is 5.19. The van der Waals surface area contributed by atoms with Crippen LogP contribution in [0.2, 0.25) is 0 Å². The van der Waals surface area contributed by atoms with Gasteiger partial charge in [-0.25, -0.2) is 4.98 Å². The number of aromatic nitrogens is 2. The second-order valence-corrected chi connectivity index (χ2v) is 9.48. The molecule has 0 saturated carbocycles. The van der Waals surface area contributed by atoms with Gasteiger partial charge in [0.2, 0.25) is 0 Å². The molecule has 3 atom stereocenters. The molecule has 0 aromatic carbocycles. The first-order valence-corrected chi connectivity index (χ1v) is 12.0. The maximum atomic E-state index is 13.4. The summed E-state index contributed by atoms with van der Waals surface area (Å²) in [4.78, 5) is 21.5. The topological polar surface area (TPSA) is 65.2 Å². The molecular formula is C25H27F3N5OP. The lowest BCUT2D eigenvalue weighted by Gasteiger charge is -2.43. The van der Waals surface area contributed by atoms with Gasteiger partial charge in [-0.3, -0.25) is 9.69 Å². The van der Waals surface area contributed by atoms with E-state index in [9.17, 15) is 23.2 Å². The highest BCUT2D eigenvalue weighted by Crippen LogP contribution is 2.34. The van der Waals surface area contributed by atoms with Crippen molar-refractivity contribution in [3.63, 3.8) is 0 Å². The number of piperazine rings is 1. The lowest BCUT2D eigenvalue weighted by molar-refractivity contribution is -0.148. The van der Waals surface area contributed by atoms with E-state index in [2.05, 4.69) is 30.1 Å². The lowest BCUT2D eigenvalue weighted by Crippen LogP contribution is -2.53. The second kappa shape index (κ2) is 9.96. The van der Waals surface area contributed by atoms with Crippen molar-refractivity contribution >= 4 is 26.0 Å². The Morgan fingerprint density at radius 1 is 1.29 bits per heavy atom. The number of nitrogens with zero attached hydrogens (tertiary/aromatic N) is 5. The molecule has 1 aliphatic heterocycles. The fraction of sp³-hybridized carbons (Fsp3) is 0.400. The molecule has 1 saturated heterocycles. The van der Waals surface area contributed by atoms with E-state index in [0.717, 1.165) is 11.7 Å². The molecule has 1 fully saturated rings. The Balaban J connectivity index is 1.62. The zero-order valence-electron chi connectivity index (χ0n) is 19.6. The smallest absolute Gasteiger partial charge is 0.364 e. The maximum absolute atomic E-state index is 13.4. The summed E-state index contributed by atoms with van der Waals surface area (Å²) in [7, 11) is 4.22. The van der Waals surface area contributed by atoms with Crippen LogP contribution in [0.5, 0.6) is 0 Å². The fourth-order valence-corrected chi connectivity index (χ4v) is 4.96. The number of anilines is 1. The van der Waals surface area contributed by atoms with Crippen LogP contribution in [0.3, 0.4) is 0 Å². The number of allylic oxidation sites excluding steroid dienone is 4. The zero-order valence-corrected chi connectivity index (χ0v) is 20.7. The molecule has 0 spiro atoms. The average molecular weight is 501 g/mol. The van der Waals surface area contributed by atoms with Crippen molar-refractivity contribution in [1.29, 1.82) is 5.26 Å². The van der Waals surface area contributed by atoms with Crippen molar-refractivity contribution in [2.45, 2.75) is 25.6 Å². The fourth-order valence-electron chi connectivity index (χ4n) is 4.67. The Kier molecular flexibility index (Phi) is 7.16. The molecule has 2 aliphatic rings. The molecule has 2 aromatic heterocycles. The highest BCUT2D eigenvalue weighted by Gasteiger charge is 2.37. The first-order chi connectivity index (χ1) is 16.6. The molecule has 35 heavy (non-hydrogen) atoms. The Hall–Kier alpha value is -2.95. The van der Waals surface area contributed by atoms with E-state index in [1.165, 1.54) is 22.8 Å². The number of hydrogen-bond donors (Lipinski definition) is 0. The minimum absolute atomic E-state index is 0.0338. The van der Waals surface area contributed by atoms with Crippen LogP contribution in [0.1, 0.15) is 19.0 Å². The largest absolute Gasteiger partial charge is 0.398 e. The van der Waals surface area contributed by atoms with Crippen molar-refractivity contribution in [3.05, 3.63) is 69.4 Å². The summed E-state index contributed by atoms with van der Waals surface area (Å²) in [6, 6.07) is 6.99. The second-order valence-electron chi connectivity index (χ2n) is 8.86. The standard InChI is InChI=1S/C25H27F3N5OP/c1-3-19-15-32(14-16-11-17(25(26,27)28)5-4-6-22(16)35)9-10-33(19)21-12-23(34)31(2)20-8-7-18(13-29)30-24(20)21/h4-8,11-12,17,19H,3,9-10,14-15,35H2,1-2H3. The highest BCUT2D eigenvalue weighted by molar-refractivity contribution is 7.23. The van der Waals surface area contributed by atoms with Crippen LogP contribution in [-0.2, 0) is 7.05 Å². The summed E-state index contributed by atoms with van der Waals surface area (Å²) in [5.74, 6) is -1.61. The number of halogens is 3. The van der Waals surface area contributed by atoms with Crippen LogP contribution in [-0.4, -0.2) is 52.8 Å². The summed E-state index contributed by atoms with van der Waals surface area (Å²) < 4.78 is 41.7. The predicted octanol–water partition coefficient (Wildman–Crippen LogP) is 4.14. The Bertz CT molecular complexity index is 1320. The molecule has 2 aromatic rings. The number of nitriles is 1. The van der Waals surface area contributed by atoms with Crippen molar-refractivity contribution in [3.8, 4) is 6.07 Å². The van der Waals surface area contributed by atoms with Gasteiger partial charge in [0.1, 0.15) is 17.3 Å². The van der Waals surface area contributed by atoms with E-state index in [1.807, 2.05) is 6.92 Å². The Morgan fingerprint density at radius 2 is 2.06 bits per heavy atom. The molecule has 0 bridgehead atoms. The minimum Gasteiger partial charge on any atom is -0.364 e. The molecular weight excluding hydrogens is 474 g/mol. The molecule has 3 unspecified atom stereocenters.